The van der Waals surface area contributed by atoms with E-state index in [1.807, 2.05) is 29.7 Å². The van der Waals surface area contributed by atoms with Crippen LogP contribution >= 0.6 is 0 Å². The van der Waals surface area contributed by atoms with Crippen molar-refractivity contribution in [2.75, 3.05) is 19.6 Å². The first kappa shape index (κ1) is 14.7. The topological polar surface area (TPSA) is 45.5 Å². The van der Waals surface area contributed by atoms with E-state index in [2.05, 4.69) is 10.8 Å². The van der Waals surface area contributed by atoms with Crippen LogP contribution in [0.2, 0.25) is 0 Å². The second kappa shape index (κ2) is 5.86. The van der Waals surface area contributed by atoms with Crippen LogP contribution in [0.25, 0.3) is 10.9 Å². The van der Waals surface area contributed by atoms with Crippen LogP contribution in [0.5, 0.6) is 0 Å². The van der Waals surface area contributed by atoms with Gasteiger partial charge in [0.2, 0.25) is 0 Å². The molecule has 0 unspecified atom stereocenters. The molecule has 22 heavy (non-hydrogen) atoms. The van der Waals surface area contributed by atoms with Gasteiger partial charge in [-0.1, -0.05) is 5.92 Å². The third kappa shape index (κ3) is 2.49. The summed E-state index contributed by atoms with van der Waals surface area (Å²) in [6.07, 6.45) is 7.93. The number of likely N-dealkylation sites (tertiary alicyclic amines) is 1. The largest absolute Gasteiger partial charge is 0.477 e. The molecule has 0 amide bonds. The van der Waals surface area contributed by atoms with E-state index in [-0.39, 0.29) is 0 Å². The van der Waals surface area contributed by atoms with Crippen molar-refractivity contribution in [3.05, 3.63) is 35.0 Å². The summed E-state index contributed by atoms with van der Waals surface area (Å²) in [7, 11) is 0. The molecule has 2 heterocycles. The number of terminal acetylenes is 1. The number of aryl methyl sites for hydroxylation is 1. The fraction of sp³-hybridized carbons (Fsp3) is 0.389. The zero-order valence-corrected chi connectivity index (χ0v) is 12.8. The zero-order chi connectivity index (χ0) is 15.7. The first-order chi connectivity index (χ1) is 10.6. The first-order valence-electron chi connectivity index (χ1n) is 7.67. The monoisotopic (exact) mass is 296 g/mol. The Bertz CT molecular complexity index is 761. The molecule has 1 aliphatic heterocycles. The Hall–Kier alpha value is -2.25. The van der Waals surface area contributed by atoms with E-state index in [1.165, 1.54) is 12.8 Å². The number of carboxylic acids is 1. The van der Waals surface area contributed by atoms with Gasteiger partial charge >= 0.3 is 5.97 Å². The predicted molar refractivity (Wildman–Crippen MR) is 87.2 cm³/mol. The minimum atomic E-state index is -0.877. The molecular weight excluding hydrogens is 276 g/mol. The van der Waals surface area contributed by atoms with Gasteiger partial charge in [0.05, 0.1) is 0 Å². The molecule has 1 fully saturated rings. The highest BCUT2D eigenvalue weighted by Gasteiger charge is 2.20. The lowest BCUT2D eigenvalue weighted by Crippen LogP contribution is -2.25. The number of nitrogens with zero attached hydrogens (tertiary/aromatic N) is 2. The number of carbonyl (C=O) groups is 1. The van der Waals surface area contributed by atoms with E-state index >= 15 is 0 Å². The van der Waals surface area contributed by atoms with Crippen molar-refractivity contribution in [2.45, 2.75) is 26.3 Å². The van der Waals surface area contributed by atoms with Crippen LogP contribution in [-0.4, -0.2) is 40.2 Å². The van der Waals surface area contributed by atoms with Gasteiger partial charge in [0, 0.05) is 29.6 Å². The molecule has 4 heteroatoms. The SMILES string of the molecule is C#Cc1ccc2c(c1)c(C)c(C(=O)O)n2CCN1CCCC1. The molecule has 1 aliphatic rings. The molecule has 1 saturated heterocycles. The lowest BCUT2D eigenvalue weighted by Gasteiger charge is -2.16. The van der Waals surface area contributed by atoms with Crippen molar-refractivity contribution in [3.63, 3.8) is 0 Å². The Morgan fingerprint density at radius 2 is 2.05 bits per heavy atom. The second-order valence-electron chi connectivity index (χ2n) is 5.86. The number of carboxylic acid groups (broad SMARTS) is 1. The fourth-order valence-corrected chi connectivity index (χ4v) is 3.37. The minimum absolute atomic E-state index is 0.378. The lowest BCUT2D eigenvalue weighted by molar-refractivity contribution is 0.0684. The van der Waals surface area contributed by atoms with Crippen molar-refractivity contribution >= 4 is 16.9 Å². The van der Waals surface area contributed by atoms with Gasteiger partial charge in [-0.25, -0.2) is 4.79 Å². The van der Waals surface area contributed by atoms with Crippen molar-refractivity contribution in [1.29, 1.82) is 0 Å². The van der Waals surface area contributed by atoms with Gasteiger partial charge in [-0.2, -0.15) is 0 Å². The van der Waals surface area contributed by atoms with Gasteiger partial charge < -0.3 is 14.6 Å². The molecule has 0 bridgehead atoms. The first-order valence-corrected chi connectivity index (χ1v) is 7.67. The summed E-state index contributed by atoms with van der Waals surface area (Å²) in [5.74, 6) is 1.74. The summed E-state index contributed by atoms with van der Waals surface area (Å²) >= 11 is 0. The number of hydrogen-bond acceptors (Lipinski definition) is 2. The van der Waals surface area contributed by atoms with Gasteiger partial charge in [-0.3, -0.25) is 0 Å². The summed E-state index contributed by atoms with van der Waals surface area (Å²) in [4.78, 5) is 14.1. The summed E-state index contributed by atoms with van der Waals surface area (Å²) in [6.45, 7) is 5.67. The quantitative estimate of drug-likeness (QED) is 0.882. The molecule has 0 radical (unpaired) electrons. The van der Waals surface area contributed by atoms with E-state index in [0.717, 1.165) is 41.7 Å². The smallest absolute Gasteiger partial charge is 0.352 e. The van der Waals surface area contributed by atoms with Crippen LogP contribution in [-0.2, 0) is 6.54 Å². The average molecular weight is 296 g/mol. The van der Waals surface area contributed by atoms with Crippen molar-refractivity contribution < 1.29 is 9.90 Å². The Balaban J connectivity index is 2.04. The molecule has 0 atom stereocenters. The van der Waals surface area contributed by atoms with Crippen molar-refractivity contribution in [2.24, 2.45) is 0 Å². The van der Waals surface area contributed by atoms with Crippen LogP contribution in [0, 0.1) is 19.3 Å². The summed E-state index contributed by atoms with van der Waals surface area (Å²) in [6, 6.07) is 5.72. The van der Waals surface area contributed by atoms with Gasteiger partial charge in [0.25, 0.3) is 0 Å². The molecule has 1 N–H and O–H groups in total. The van der Waals surface area contributed by atoms with Gasteiger partial charge in [0.15, 0.2) is 0 Å². The molecule has 0 spiro atoms. The molecule has 0 saturated carbocycles. The predicted octanol–water partition coefficient (Wildman–Crippen LogP) is 2.73. The molecular formula is C18H20N2O2. The van der Waals surface area contributed by atoms with Crippen LogP contribution in [0.3, 0.4) is 0 Å². The highest BCUT2D eigenvalue weighted by molar-refractivity contribution is 5.98. The maximum absolute atomic E-state index is 11.7. The lowest BCUT2D eigenvalue weighted by atomic mass is 10.1. The van der Waals surface area contributed by atoms with E-state index in [9.17, 15) is 9.90 Å². The number of rotatable bonds is 4. The molecule has 4 nitrogen and oxygen atoms in total. The maximum atomic E-state index is 11.7. The number of aromatic nitrogens is 1. The van der Waals surface area contributed by atoms with Crippen LogP contribution in [0.4, 0.5) is 0 Å². The normalized spacial score (nSPS) is 15.3. The molecule has 2 aromatic rings. The van der Waals surface area contributed by atoms with E-state index in [1.54, 1.807) is 0 Å². The molecule has 3 rings (SSSR count). The Kier molecular flexibility index (Phi) is 3.91. The minimum Gasteiger partial charge on any atom is -0.477 e. The summed E-state index contributed by atoms with van der Waals surface area (Å²) in [5.41, 5.74) is 2.90. The van der Waals surface area contributed by atoms with Gasteiger partial charge in [-0.15, -0.1) is 6.42 Å². The van der Waals surface area contributed by atoms with E-state index in [0.29, 0.717) is 12.2 Å². The summed E-state index contributed by atoms with van der Waals surface area (Å²) < 4.78 is 1.92. The third-order valence-electron chi connectivity index (χ3n) is 4.52. The second-order valence-corrected chi connectivity index (χ2v) is 5.86. The maximum Gasteiger partial charge on any atom is 0.352 e. The number of aromatic carboxylic acids is 1. The number of benzene rings is 1. The average Bonchev–Trinajstić information content (AvgIpc) is 3.11. The summed E-state index contributed by atoms with van der Waals surface area (Å²) in [5, 5.41) is 10.5. The van der Waals surface area contributed by atoms with Crippen molar-refractivity contribution in [1.82, 2.24) is 9.47 Å². The highest BCUT2D eigenvalue weighted by Crippen LogP contribution is 2.27. The zero-order valence-electron chi connectivity index (χ0n) is 12.8. The fourth-order valence-electron chi connectivity index (χ4n) is 3.37. The third-order valence-corrected chi connectivity index (χ3v) is 4.52. The van der Waals surface area contributed by atoms with Gasteiger partial charge in [0.1, 0.15) is 5.69 Å². The van der Waals surface area contributed by atoms with Crippen LogP contribution in [0.15, 0.2) is 18.2 Å². The van der Waals surface area contributed by atoms with Gasteiger partial charge in [-0.05, 0) is 56.6 Å². The Labute approximate surface area is 130 Å². The Morgan fingerprint density at radius 3 is 2.68 bits per heavy atom. The molecule has 1 aromatic carbocycles. The standard InChI is InChI=1S/C18H20N2O2/c1-3-14-6-7-16-15(12-14)13(2)17(18(21)22)20(16)11-10-19-8-4-5-9-19/h1,6-7,12H,4-5,8-11H2,2H3,(H,21,22). The van der Waals surface area contributed by atoms with E-state index in [4.69, 9.17) is 6.42 Å². The van der Waals surface area contributed by atoms with Crippen LogP contribution in [0.1, 0.15) is 34.5 Å². The Morgan fingerprint density at radius 1 is 1.32 bits per heavy atom. The van der Waals surface area contributed by atoms with Crippen LogP contribution < -0.4 is 0 Å². The number of hydrogen-bond donors (Lipinski definition) is 1. The highest BCUT2D eigenvalue weighted by atomic mass is 16.4. The molecule has 1 aromatic heterocycles. The number of fused-ring (bicyclic) bond motifs is 1. The molecule has 114 valence electrons. The van der Waals surface area contributed by atoms with E-state index < -0.39 is 5.97 Å². The van der Waals surface area contributed by atoms with Crippen molar-refractivity contribution in [3.8, 4) is 12.3 Å². The molecule has 0 aliphatic carbocycles.